The van der Waals surface area contributed by atoms with Crippen LogP contribution in [0.4, 0.5) is 8.78 Å². The number of nitrogens with one attached hydrogen (secondary N) is 1. The summed E-state index contributed by atoms with van der Waals surface area (Å²) in [5.74, 6) is -2.24. The van der Waals surface area contributed by atoms with Crippen LogP contribution in [0.3, 0.4) is 0 Å². The van der Waals surface area contributed by atoms with Crippen molar-refractivity contribution in [1.82, 2.24) is 5.32 Å². The van der Waals surface area contributed by atoms with E-state index in [0.29, 0.717) is 22.7 Å². The summed E-state index contributed by atoms with van der Waals surface area (Å²) in [5.41, 5.74) is 1.27. The number of hydrogen-bond acceptors (Lipinski definition) is 5. The standard InChI is InChI=1S/C21H20F2N2O4/c1-12-19(21(27)24-10-9-18(26)28-2)13-5-3-8-17(20(13)25-12)29-11-14-15(22)6-4-7-16(14)23/h3-8,13H,9-11H2,1-2H3,(H,24,27). The molecule has 1 heterocycles. The van der Waals surface area contributed by atoms with Gasteiger partial charge in [0.15, 0.2) is 0 Å². The van der Waals surface area contributed by atoms with Crippen molar-refractivity contribution in [3.05, 3.63) is 70.7 Å². The third kappa shape index (κ3) is 4.42. The van der Waals surface area contributed by atoms with Crippen molar-refractivity contribution in [3.8, 4) is 0 Å². The smallest absolute Gasteiger partial charge is 0.307 e. The molecule has 1 aromatic rings. The number of allylic oxidation sites excluding steroid dienone is 5. The lowest BCUT2D eigenvalue weighted by atomic mass is 9.90. The summed E-state index contributed by atoms with van der Waals surface area (Å²) in [6, 6.07) is 3.61. The first kappa shape index (κ1) is 20.4. The lowest BCUT2D eigenvalue weighted by Gasteiger charge is -2.19. The molecule has 8 heteroatoms. The quantitative estimate of drug-likeness (QED) is 0.712. The average Bonchev–Trinajstić information content (AvgIpc) is 3.04. The number of halogens is 2. The molecule has 1 aromatic carbocycles. The highest BCUT2D eigenvalue weighted by atomic mass is 19.1. The molecule has 0 saturated heterocycles. The minimum Gasteiger partial charge on any atom is -0.487 e. The van der Waals surface area contributed by atoms with E-state index in [-0.39, 0.29) is 31.0 Å². The molecule has 2 aliphatic rings. The lowest BCUT2D eigenvalue weighted by molar-refractivity contribution is -0.140. The van der Waals surface area contributed by atoms with Gasteiger partial charge in [0.25, 0.3) is 0 Å². The topological polar surface area (TPSA) is 77.0 Å². The Balaban J connectivity index is 1.67. The SMILES string of the molecule is COC(=O)CCNC(=O)C1=C(C)N=C2C(OCc3c(F)cccc3F)=CC=CC21. The first-order valence-electron chi connectivity index (χ1n) is 9.01. The van der Waals surface area contributed by atoms with E-state index in [9.17, 15) is 18.4 Å². The van der Waals surface area contributed by atoms with Gasteiger partial charge in [-0.25, -0.2) is 8.78 Å². The number of carbonyl (C=O) groups is 2. The zero-order chi connectivity index (χ0) is 21.0. The highest BCUT2D eigenvalue weighted by Gasteiger charge is 2.35. The minimum atomic E-state index is -0.693. The molecule has 29 heavy (non-hydrogen) atoms. The van der Waals surface area contributed by atoms with E-state index in [1.807, 2.05) is 0 Å². The molecule has 1 aliphatic carbocycles. The number of fused-ring (bicyclic) bond motifs is 1. The normalized spacial score (nSPS) is 17.4. The summed E-state index contributed by atoms with van der Waals surface area (Å²) in [5, 5.41) is 2.68. The Kier molecular flexibility index (Phi) is 6.21. The first-order chi connectivity index (χ1) is 13.9. The van der Waals surface area contributed by atoms with Crippen molar-refractivity contribution in [1.29, 1.82) is 0 Å². The van der Waals surface area contributed by atoms with Crippen LogP contribution in [-0.2, 0) is 25.7 Å². The van der Waals surface area contributed by atoms with Crippen LogP contribution in [0.2, 0.25) is 0 Å². The second kappa shape index (κ2) is 8.81. The van der Waals surface area contributed by atoms with Gasteiger partial charge in [0, 0.05) is 12.2 Å². The molecular weight excluding hydrogens is 382 g/mol. The number of carbonyl (C=O) groups excluding carboxylic acids is 2. The Bertz CT molecular complexity index is 943. The summed E-state index contributed by atoms with van der Waals surface area (Å²) in [6.07, 6.45) is 5.20. The van der Waals surface area contributed by atoms with E-state index in [1.165, 1.54) is 13.2 Å². The van der Waals surface area contributed by atoms with E-state index in [4.69, 9.17) is 4.74 Å². The van der Waals surface area contributed by atoms with Crippen LogP contribution in [0.25, 0.3) is 0 Å². The Morgan fingerprint density at radius 1 is 1.24 bits per heavy atom. The average molecular weight is 402 g/mol. The van der Waals surface area contributed by atoms with Gasteiger partial charge in [0.05, 0.1) is 36.3 Å². The lowest BCUT2D eigenvalue weighted by Crippen LogP contribution is -2.32. The molecule has 3 rings (SSSR count). The van der Waals surface area contributed by atoms with E-state index in [1.54, 1.807) is 25.2 Å². The van der Waals surface area contributed by atoms with Gasteiger partial charge in [-0.05, 0) is 25.1 Å². The maximum absolute atomic E-state index is 13.8. The molecule has 1 amide bonds. The summed E-state index contributed by atoms with van der Waals surface area (Å²) < 4.78 is 37.8. The number of rotatable bonds is 7. The summed E-state index contributed by atoms with van der Waals surface area (Å²) in [4.78, 5) is 28.2. The summed E-state index contributed by atoms with van der Waals surface area (Å²) >= 11 is 0. The van der Waals surface area contributed by atoms with E-state index >= 15 is 0 Å². The van der Waals surface area contributed by atoms with Gasteiger partial charge in [-0.3, -0.25) is 14.6 Å². The Labute approximate surface area is 166 Å². The number of methoxy groups -OCH3 is 1. The first-order valence-corrected chi connectivity index (χ1v) is 9.01. The molecule has 0 aromatic heterocycles. The van der Waals surface area contributed by atoms with Crippen molar-refractivity contribution in [2.24, 2.45) is 10.9 Å². The van der Waals surface area contributed by atoms with Crippen LogP contribution in [0, 0.1) is 17.6 Å². The van der Waals surface area contributed by atoms with Gasteiger partial charge in [-0.2, -0.15) is 0 Å². The fourth-order valence-corrected chi connectivity index (χ4v) is 3.13. The molecule has 0 fully saturated rings. The van der Waals surface area contributed by atoms with Crippen molar-refractivity contribution >= 4 is 17.6 Å². The van der Waals surface area contributed by atoms with Crippen LogP contribution < -0.4 is 5.32 Å². The van der Waals surface area contributed by atoms with Crippen LogP contribution in [-0.4, -0.2) is 31.2 Å². The number of benzene rings is 1. The molecule has 1 atom stereocenters. The zero-order valence-corrected chi connectivity index (χ0v) is 16.0. The maximum Gasteiger partial charge on any atom is 0.307 e. The van der Waals surface area contributed by atoms with Crippen LogP contribution >= 0.6 is 0 Å². The number of ether oxygens (including phenoxy) is 2. The Hall–Kier alpha value is -3.29. The second-order valence-electron chi connectivity index (χ2n) is 6.46. The van der Waals surface area contributed by atoms with Gasteiger partial charge in [-0.15, -0.1) is 0 Å². The van der Waals surface area contributed by atoms with E-state index in [2.05, 4.69) is 15.0 Å². The monoisotopic (exact) mass is 402 g/mol. The fraction of sp³-hybridized carbons (Fsp3) is 0.286. The maximum atomic E-state index is 13.8. The van der Waals surface area contributed by atoms with Gasteiger partial charge in [0.2, 0.25) is 5.91 Å². The van der Waals surface area contributed by atoms with Gasteiger partial charge in [0.1, 0.15) is 24.0 Å². The largest absolute Gasteiger partial charge is 0.487 e. The number of amides is 1. The van der Waals surface area contributed by atoms with E-state index in [0.717, 1.165) is 12.1 Å². The fourth-order valence-electron chi connectivity index (χ4n) is 3.13. The highest BCUT2D eigenvalue weighted by Crippen LogP contribution is 2.33. The Morgan fingerprint density at radius 3 is 2.66 bits per heavy atom. The molecule has 0 spiro atoms. The van der Waals surface area contributed by atoms with Gasteiger partial charge in [-0.1, -0.05) is 18.2 Å². The van der Waals surface area contributed by atoms with Gasteiger partial charge >= 0.3 is 5.97 Å². The van der Waals surface area contributed by atoms with E-state index < -0.39 is 23.5 Å². The molecule has 1 aliphatic heterocycles. The number of aliphatic imine (C=N–C) groups is 1. The van der Waals surface area contributed by atoms with Gasteiger partial charge < -0.3 is 14.8 Å². The van der Waals surface area contributed by atoms with Crippen molar-refractivity contribution < 1.29 is 27.8 Å². The third-order valence-electron chi connectivity index (χ3n) is 4.61. The predicted molar refractivity (Wildman–Crippen MR) is 102 cm³/mol. The number of esters is 1. The van der Waals surface area contributed by atoms with Crippen LogP contribution in [0.1, 0.15) is 18.9 Å². The van der Waals surface area contributed by atoms with Crippen LogP contribution in [0.15, 0.2) is 58.4 Å². The molecule has 152 valence electrons. The molecule has 0 radical (unpaired) electrons. The minimum absolute atomic E-state index is 0.0608. The zero-order valence-electron chi connectivity index (χ0n) is 16.0. The van der Waals surface area contributed by atoms with Crippen molar-refractivity contribution in [2.45, 2.75) is 20.0 Å². The Morgan fingerprint density at radius 2 is 1.97 bits per heavy atom. The summed E-state index contributed by atoms with van der Waals surface area (Å²) in [6.45, 7) is 1.53. The molecule has 1 unspecified atom stereocenters. The molecule has 6 nitrogen and oxygen atoms in total. The third-order valence-corrected chi connectivity index (χ3v) is 4.61. The number of nitrogens with zero attached hydrogens (tertiary/aromatic N) is 1. The highest BCUT2D eigenvalue weighted by molar-refractivity contribution is 6.13. The van der Waals surface area contributed by atoms with Crippen LogP contribution in [0.5, 0.6) is 0 Å². The second-order valence-corrected chi connectivity index (χ2v) is 6.46. The molecule has 0 saturated carbocycles. The predicted octanol–water partition coefficient (Wildman–Crippen LogP) is 2.96. The van der Waals surface area contributed by atoms with Crippen molar-refractivity contribution in [2.75, 3.05) is 13.7 Å². The molecule has 0 bridgehead atoms. The number of hydrogen-bond donors (Lipinski definition) is 1. The molecule has 1 N–H and O–H groups in total. The summed E-state index contributed by atoms with van der Waals surface area (Å²) in [7, 11) is 1.28. The van der Waals surface area contributed by atoms with Crippen molar-refractivity contribution in [3.63, 3.8) is 0 Å². The molecular formula is C21H20F2N2O4.